The number of guanidine groups is 1. The fourth-order valence-electron chi connectivity index (χ4n) is 3.00. The number of likely N-dealkylation sites (N-methyl/N-ethyl adjacent to an activating group) is 1. The van der Waals surface area contributed by atoms with Crippen molar-refractivity contribution in [2.24, 2.45) is 4.99 Å². The highest BCUT2D eigenvalue weighted by atomic mass is 16.3. The van der Waals surface area contributed by atoms with Gasteiger partial charge in [0.25, 0.3) is 0 Å². The summed E-state index contributed by atoms with van der Waals surface area (Å²) < 4.78 is 0. The summed E-state index contributed by atoms with van der Waals surface area (Å²) in [6.45, 7) is 5.86. The number of aliphatic imine (C=N–C) groups is 1. The van der Waals surface area contributed by atoms with Gasteiger partial charge in [-0.3, -0.25) is 4.99 Å². The SMILES string of the molecule is CCNC(=NCC(C)N(C)c1ccccc1)NC1CCC(O)CC1. The van der Waals surface area contributed by atoms with Crippen LogP contribution in [0.1, 0.15) is 39.5 Å². The third kappa shape index (κ3) is 5.71. The van der Waals surface area contributed by atoms with Gasteiger partial charge in [0.05, 0.1) is 12.6 Å². The molecule has 1 atom stereocenters. The number of aliphatic hydroxyl groups is 1. The number of para-hydroxylation sites is 1. The molecule has 5 nitrogen and oxygen atoms in total. The molecule has 0 spiro atoms. The largest absolute Gasteiger partial charge is 0.393 e. The second-order valence-electron chi connectivity index (χ2n) is 6.66. The van der Waals surface area contributed by atoms with E-state index in [9.17, 15) is 5.11 Å². The van der Waals surface area contributed by atoms with Gasteiger partial charge in [-0.1, -0.05) is 18.2 Å². The molecule has 3 N–H and O–H groups in total. The maximum Gasteiger partial charge on any atom is 0.191 e. The Bertz CT molecular complexity index is 497. The molecule has 134 valence electrons. The fourth-order valence-corrected chi connectivity index (χ4v) is 3.00. The second-order valence-corrected chi connectivity index (χ2v) is 6.66. The van der Waals surface area contributed by atoms with E-state index < -0.39 is 0 Å². The first kappa shape index (κ1) is 18.6. The van der Waals surface area contributed by atoms with Crippen molar-refractivity contribution >= 4 is 11.6 Å². The van der Waals surface area contributed by atoms with Gasteiger partial charge in [0, 0.05) is 31.4 Å². The van der Waals surface area contributed by atoms with Crippen LogP contribution < -0.4 is 15.5 Å². The van der Waals surface area contributed by atoms with Crippen LogP contribution in [0, 0.1) is 0 Å². The lowest BCUT2D eigenvalue weighted by molar-refractivity contribution is 0.120. The van der Waals surface area contributed by atoms with Crippen molar-refractivity contribution in [3.63, 3.8) is 0 Å². The van der Waals surface area contributed by atoms with Crippen LogP contribution in [0.4, 0.5) is 5.69 Å². The molecule has 0 bridgehead atoms. The molecule has 1 fully saturated rings. The van der Waals surface area contributed by atoms with E-state index in [1.165, 1.54) is 5.69 Å². The number of nitrogens with zero attached hydrogens (tertiary/aromatic N) is 2. The molecule has 2 rings (SSSR count). The number of nitrogens with one attached hydrogen (secondary N) is 2. The van der Waals surface area contributed by atoms with E-state index in [4.69, 9.17) is 4.99 Å². The van der Waals surface area contributed by atoms with Gasteiger partial charge in [-0.2, -0.15) is 0 Å². The third-order valence-electron chi connectivity index (χ3n) is 4.72. The number of benzene rings is 1. The van der Waals surface area contributed by atoms with Crippen LogP contribution >= 0.6 is 0 Å². The molecule has 0 radical (unpaired) electrons. The van der Waals surface area contributed by atoms with Crippen LogP contribution in [0.3, 0.4) is 0 Å². The predicted octanol–water partition coefficient (Wildman–Crippen LogP) is 2.37. The van der Waals surface area contributed by atoms with Gasteiger partial charge in [0.2, 0.25) is 0 Å². The monoisotopic (exact) mass is 332 g/mol. The van der Waals surface area contributed by atoms with Gasteiger partial charge < -0.3 is 20.6 Å². The van der Waals surface area contributed by atoms with E-state index in [2.05, 4.69) is 60.7 Å². The number of hydrogen-bond acceptors (Lipinski definition) is 3. The topological polar surface area (TPSA) is 59.9 Å². The average molecular weight is 332 g/mol. The number of hydrogen-bond donors (Lipinski definition) is 3. The third-order valence-corrected chi connectivity index (χ3v) is 4.72. The minimum Gasteiger partial charge on any atom is -0.393 e. The van der Waals surface area contributed by atoms with Crippen LogP contribution in [0.15, 0.2) is 35.3 Å². The molecule has 1 saturated carbocycles. The highest BCUT2D eigenvalue weighted by Crippen LogP contribution is 2.18. The van der Waals surface area contributed by atoms with Crippen molar-refractivity contribution in [3.8, 4) is 0 Å². The Morgan fingerprint density at radius 2 is 1.92 bits per heavy atom. The van der Waals surface area contributed by atoms with Crippen molar-refractivity contribution in [1.82, 2.24) is 10.6 Å². The van der Waals surface area contributed by atoms with Gasteiger partial charge >= 0.3 is 0 Å². The van der Waals surface area contributed by atoms with Crippen LogP contribution in [-0.4, -0.2) is 49.4 Å². The predicted molar refractivity (Wildman–Crippen MR) is 102 cm³/mol. The minimum absolute atomic E-state index is 0.123. The van der Waals surface area contributed by atoms with Crippen molar-refractivity contribution in [3.05, 3.63) is 30.3 Å². The Morgan fingerprint density at radius 3 is 2.54 bits per heavy atom. The average Bonchev–Trinajstić information content (AvgIpc) is 2.61. The van der Waals surface area contributed by atoms with Gasteiger partial charge in [-0.15, -0.1) is 0 Å². The smallest absolute Gasteiger partial charge is 0.191 e. The molecule has 0 amide bonds. The maximum absolute atomic E-state index is 9.63. The van der Waals surface area contributed by atoms with Crippen molar-refractivity contribution < 1.29 is 5.11 Å². The Kier molecular flexibility index (Phi) is 7.37. The maximum atomic E-state index is 9.63. The molecular formula is C19H32N4O. The molecule has 1 aromatic rings. The number of anilines is 1. The highest BCUT2D eigenvalue weighted by Gasteiger charge is 2.20. The first-order valence-corrected chi connectivity index (χ1v) is 9.11. The molecule has 0 aliphatic heterocycles. The molecule has 0 saturated heterocycles. The summed E-state index contributed by atoms with van der Waals surface area (Å²) >= 11 is 0. The molecule has 1 aliphatic carbocycles. The van der Waals surface area contributed by atoms with E-state index in [1.54, 1.807) is 0 Å². The van der Waals surface area contributed by atoms with Crippen LogP contribution in [0.25, 0.3) is 0 Å². The van der Waals surface area contributed by atoms with E-state index in [-0.39, 0.29) is 6.10 Å². The number of aliphatic hydroxyl groups excluding tert-OH is 1. The van der Waals surface area contributed by atoms with Crippen molar-refractivity contribution in [2.75, 3.05) is 25.0 Å². The molecule has 5 heteroatoms. The first-order chi connectivity index (χ1) is 11.6. The Hall–Kier alpha value is -1.75. The molecule has 0 heterocycles. The summed E-state index contributed by atoms with van der Waals surface area (Å²) in [6, 6.07) is 11.1. The summed E-state index contributed by atoms with van der Waals surface area (Å²) in [7, 11) is 2.11. The lowest BCUT2D eigenvalue weighted by atomic mass is 9.93. The highest BCUT2D eigenvalue weighted by molar-refractivity contribution is 5.80. The first-order valence-electron chi connectivity index (χ1n) is 9.11. The molecule has 0 aromatic heterocycles. The summed E-state index contributed by atoms with van der Waals surface area (Å²) in [5, 5.41) is 16.5. The lowest BCUT2D eigenvalue weighted by Crippen LogP contribution is -2.46. The quantitative estimate of drug-likeness (QED) is 0.553. The summed E-state index contributed by atoms with van der Waals surface area (Å²) in [6.07, 6.45) is 3.65. The normalized spacial score (nSPS) is 22.8. The summed E-state index contributed by atoms with van der Waals surface area (Å²) in [4.78, 5) is 7.02. The van der Waals surface area contributed by atoms with Gasteiger partial charge in [0.1, 0.15) is 0 Å². The summed E-state index contributed by atoms with van der Waals surface area (Å²) in [5.41, 5.74) is 1.21. The van der Waals surface area contributed by atoms with E-state index in [1.807, 2.05) is 6.07 Å². The molecule has 1 unspecified atom stereocenters. The second kappa shape index (κ2) is 9.52. The lowest BCUT2D eigenvalue weighted by Gasteiger charge is -2.29. The van der Waals surface area contributed by atoms with Gasteiger partial charge in [-0.05, 0) is 51.7 Å². The summed E-state index contributed by atoms with van der Waals surface area (Å²) in [5.74, 6) is 0.882. The molecular weight excluding hydrogens is 300 g/mol. The van der Waals surface area contributed by atoms with E-state index in [0.717, 1.165) is 44.7 Å². The Balaban J connectivity index is 1.89. The van der Waals surface area contributed by atoms with E-state index >= 15 is 0 Å². The molecule has 1 aliphatic rings. The zero-order valence-electron chi connectivity index (χ0n) is 15.2. The van der Waals surface area contributed by atoms with Crippen molar-refractivity contribution in [2.45, 2.75) is 57.7 Å². The van der Waals surface area contributed by atoms with Crippen LogP contribution in [0.2, 0.25) is 0 Å². The van der Waals surface area contributed by atoms with Crippen LogP contribution in [-0.2, 0) is 0 Å². The standard InChI is InChI=1S/C19H32N4O/c1-4-20-19(22-16-10-12-18(24)13-11-16)21-14-15(2)23(3)17-8-6-5-7-9-17/h5-9,15-16,18,24H,4,10-14H2,1-3H3,(H2,20,21,22). The zero-order valence-corrected chi connectivity index (χ0v) is 15.2. The molecule has 1 aromatic carbocycles. The van der Waals surface area contributed by atoms with Gasteiger partial charge in [-0.25, -0.2) is 0 Å². The zero-order chi connectivity index (χ0) is 17.4. The minimum atomic E-state index is -0.123. The number of rotatable bonds is 6. The van der Waals surface area contributed by atoms with Crippen molar-refractivity contribution in [1.29, 1.82) is 0 Å². The Labute approximate surface area is 146 Å². The Morgan fingerprint density at radius 1 is 1.25 bits per heavy atom. The fraction of sp³-hybridized carbons (Fsp3) is 0.632. The molecule has 24 heavy (non-hydrogen) atoms. The van der Waals surface area contributed by atoms with E-state index in [0.29, 0.717) is 12.1 Å². The van der Waals surface area contributed by atoms with Crippen LogP contribution in [0.5, 0.6) is 0 Å². The van der Waals surface area contributed by atoms with Gasteiger partial charge in [0.15, 0.2) is 5.96 Å².